The zero-order valence-electron chi connectivity index (χ0n) is 14.3. The Kier molecular flexibility index (Phi) is 4.60. The molecule has 2 heterocycles. The van der Waals surface area contributed by atoms with Crippen molar-refractivity contribution < 1.29 is 8.42 Å². The van der Waals surface area contributed by atoms with Gasteiger partial charge in [0.05, 0.1) is 10.9 Å². The van der Waals surface area contributed by atoms with Crippen LogP contribution in [0.1, 0.15) is 35.7 Å². The van der Waals surface area contributed by atoms with Gasteiger partial charge in [0.2, 0.25) is 10.0 Å². The summed E-state index contributed by atoms with van der Waals surface area (Å²) >= 11 is 0. The van der Waals surface area contributed by atoms with Crippen molar-refractivity contribution in [2.24, 2.45) is 0 Å². The van der Waals surface area contributed by atoms with Crippen molar-refractivity contribution in [2.75, 3.05) is 18.9 Å². The molecule has 5 nitrogen and oxygen atoms in total. The summed E-state index contributed by atoms with van der Waals surface area (Å²) in [4.78, 5) is 4.86. The van der Waals surface area contributed by atoms with E-state index in [9.17, 15) is 8.42 Å². The van der Waals surface area contributed by atoms with Crippen molar-refractivity contribution in [1.82, 2.24) is 9.29 Å². The summed E-state index contributed by atoms with van der Waals surface area (Å²) < 4.78 is 27.7. The molecule has 2 aromatic rings. The van der Waals surface area contributed by atoms with Gasteiger partial charge in [-0.05, 0) is 50.5 Å². The van der Waals surface area contributed by atoms with Crippen LogP contribution in [0.25, 0.3) is 0 Å². The van der Waals surface area contributed by atoms with Crippen LogP contribution in [0, 0.1) is 13.8 Å². The Bertz CT molecular complexity index is 832. The molecule has 1 aromatic heterocycles. The molecule has 24 heavy (non-hydrogen) atoms. The zero-order valence-corrected chi connectivity index (χ0v) is 15.1. The molecule has 0 radical (unpaired) electrons. The van der Waals surface area contributed by atoms with Crippen LogP contribution in [-0.2, 0) is 10.0 Å². The van der Waals surface area contributed by atoms with E-state index in [-0.39, 0.29) is 6.04 Å². The molecule has 0 spiro atoms. The molecule has 1 fully saturated rings. The van der Waals surface area contributed by atoms with Gasteiger partial charge in [0, 0.05) is 19.3 Å². The maximum absolute atomic E-state index is 13.1. The van der Waals surface area contributed by atoms with Crippen molar-refractivity contribution in [3.8, 4) is 0 Å². The van der Waals surface area contributed by atoms with Gasteiger partial charge >= 0.3 is 0 Å². The predicted molar refractivity (Wildman–Crippen MR) is 95.6 cm³/mol. The molecule has 1 N–H and O–H groups in total. The molecular weight excluding hydrogens is 322 g/mol. The van der Waals surface area contributed by atoms with Gasteiger partial charge in [-0.1, -0.05) is 23.8 Å². The Hall–Kier alpha value is -1.92. The number of pyridine rings is 1. The summed E-state index contributed by atoms with van der Waals surface area (Å²) in [5.74, 6) is 0.794. The molecule has 128 valence electrons. The van der Waals surface area contributed by atoms with Crippen molar-refractivity contribution in [2.45, 2.75) is 37.6 Å². The molecule has 0 amide bonds. The van der Waals surface area contributed by atoms with Crippen molar-refractivity contribution in [3.05, 3.63) is 53.2 Å². The average molecular weight is 345 g/mol. The number of benzene rings is 1. The largest absolute Gasteiger partial charge is 0.373 e. The fourth-order valence-corrected chi connectivity index (χ4v) is 4.92. The Morgan fingerprint density at radius 3 is 2.46 bits per heavy atom. The van der Waals surface area contributed by atoms with E-state index in [1.165, 1.54) is 0 Å². The van der Waals surface area contributed by atoms with Crippen LogP contribution in [0.3, 0.4) is 0 Å². The average Bonchev–Trinajstić information content (AvgIpc) is 3.05. The smallest absolute Gasteiger partial charge is 0.243 e. The van der Waals surface area contributed by atoms with Crippen LogP contribution in [0.15, 0.2) is 41.3 Å². The number of aryl methyl sites for hydroxylation is 2. The van der Waals surface area contributed by atoms with Gasteiger partial charge in [0.15, 0.2) is 0 Å². The molecule has 1 aromatic carbocycles. The van der Waals surface area contributed by atoms with E-state index in [0.29, 0.717) is 11.4 Å². The first kappa shape index (κ1) is 16.9. The number of rotatable bonds is 4. The lowest BCUT2D eigenvalue weighted by Crippen LogP contribution is -2.31. The van der Waals surface area contributed by atoms with Gasteiger partial charge in [-0.3, -0.25) is 0 Å². The lowest BCUT2D eigenvalue weighted by Gasteiger charge is -2.25. The third kappa shape index (κ3) is 3.03. The fraction of sp³-hybridized carbons (Fsp3) is 0.389. The molecule has 0 saturated carbocycles. The fourth-order valence-electron chi connectivity index (χ4n) is 3.25. The molecule has 0 aliphatic carbocycles. The van der Waals surface area contributed by atoms with Crippen molar-refractivity contribution in [3.63, 3.8) is 0 Å². The van der Waals surface area contributed by atoms with Gasteiger partial charge in [0.25, 0.3) is 0 Å². The number of nitrogens with zero attached hydrogens (tertiary/aromatic N) is 2. The van der Waals surface area contributed by atoms with E-state index >= 15 is 0 Å². The molecule has 3 rings (SSSR count). The lowest BCUT2D eigenvalue weighted by atomic mass is 10.0. The van der Waals surface area contributed by atoms with Crippen molar-refractivity contribution in [1.29, 1.82) is 0 Å². The van der Waals surface area contributed by atoms with Crippen LogP contribution in [0.2, 0.25) is 0 Å². The lowest BCUT2D eigenvalue weighted by molar-refractivity contribution is 0.395. The normalized spacial score (nSPS) is 18.7. The molecule has 1 saturated heterocycles. The summed E-state index contributed by atoms with van der Waals surface area (Å²) in [6.45, 7) is 4.44. The number of hydrogen-bond donors (Lipinski definition) is 1. The zero-order chi connectivity index (χ0) is 17.3. The Morgan fingerprint density at radius 2 is 1.83 bits per heavy atom. The van der Waals surface area contributed by atoms with Gasteiger partial charge in [-0.2, -0.15) is 4.31 Å². The summed E-state index contributed by atoms with van der Waals surface area (Å²) in [7, 11) is -1.67. The highest BCUT2D eigenvalue weighted by Crippen LogP contribution is 2.37. The molecule has 0 bridgehead atoms. The number of anilines is 1. The van der Waals surface area contributed by atoms with Gasteiger partial charge in [-0.15, -0.1) is 0 Å². The minimum absolute atomic E-state index is 0.144. The minimum atomic E-state index is -3.50. The highest BCUT2D eigenvalue weighted by Gasteiger charge is 2.37. The molecule has 1 aliphatic rings. The minimum Gasteiger partial charge on any atom is -0.373 e. The van der Waals surface area contributed by atoms with E-state index in [2.05, 4.69) is 10.3 Å². The summed E-state index contributed by atoms with van der Waals surface area (Å²) in [6.07, 6.45) is 1.69. The maximum Gasteiger partial charge on any atom is 0.243 e. The molecule has 1 atom stereocenters. The van der Waals surface area contributed by atoms with Crippen LogP contribution in [0.4, 0.5) is 5.82 Å². The van der Waals surface area contributed by atoms with E-state index in [4.69, 9.17) is 0 Å². The van der Waals surface area contributed by atoms with E-state index in [0.717, 1.165) is 35.5 Å². The van der Waals surface area contributed by atoms with E-state index in [1.54, 1.807) is 16.4 Å². The standard InChI is InChI=1S/C18H23N3O2S/c1-13-6-8-15(9-7-13)24(22,23)21-12-4-5-17(21)16-10-11-18(19-3)20-14(16)2/h6-11,17H,4-5,12H2,1-3H3,(H,19,20)/t17-/m1/s1. The molecule has 0 unspecified atom stereocenters. The summed E-state index contributed by atoms with van der Waals surface area (Å²) in [6, 6.07) is 10.8. The Labute approximate surface area is 143 Å². The SMILES string of the molecule is CNc1ccc([C@H]2CCCN2S(=O)(=O)c2ccc(C)cc2)c(C)n1. The number of nitrogens with one attached hydrogen (secondary N) is 1. The number of hydrogen-bond acceptors (Lipinski definition) is 4. The predicted octanol–water partition coefficient (Wildman–Crippen LogP) is 3.27. The molecule has 1 aliphatic heterocycles. The quantitative estimate of drug-likeness (QED) is 0.924. The van der Waals surface area contributed by atoms with Crippen LogP contribution in [0.5, 0.6) is 0 Å². The second-order valence-corrected chi connectivity index (χ2v) is 8.10. The second-order valence-electron chi connectivity index (χ2n) is 6.21. The first-order chi connectivity index (χ1) is 11.4. The molecule has 6 heteroatoms. The van der Waals surface area contributed by atoms with Crippen molar-refractivity contribution >= 4 is 15.8 Å². The maximum atomic E-state index is 13.1. The topological polar surface area (TPSA) is 62.3 Å². The number of aromatic nitrogens is 1. The summed E-state index contributed by atoms with van der Waals surface area (Å²) in [5, 5.41) is 3.02. The Balaban J connectivity index is 1.97. The highest BCUT2D eigenvalue weighted by atomic mass is 32.2. The first-order valence-electron chi connectivity index (χ1n) is 8.17. The van der Waals surface area contributed by atoms with Crippen LogP contribution in [-0.4, -0.2) is 31.3 Å². The van der Waals surface area contributed by atoms with Gasteiger partial charge < -0.3 is 5.32 Å². The third-order valence-electron chi connectivity index (χ3n) is 4.57. The van der Waals surface area contributed by atoms with Gasteiger partial charge in [-0.25, -0.2) is 13.4 Å². The summed E-state index contributed by atoms with van der Waals surface area (Å²) in [5.41, 5.74) is 2.91. The highest BCUT2D eigenvalue weighted by molar-refractivity contribution is 7.89. The third-order valence-corrected chi connectivity index (χ3v) is 6.50. The van der Waals surface area contributed by atoms with Crippen LogP contribution < -0.4 is 5.32 Å². The van der Waals surface area contributed by atoms with Gasteiger partial charge in [0.1, 0.15) is 5.82 Å². The number of sulfonamides is 1. The monoisotopic (exact) mass is 345 g/mol. The van der Waals surface area contributed by atoms with E-state index < -0.39 is 10.0 Å². The second kappa shape index (κ2) is 6.53. The Morgan fingerprint density at radius 1 is 1.12 bits per heavy atom. The van der Waals surface area contributed by atoms with Crippen LogP contribution >= 0.6 is 0 Å². The van der Waals surface area contributed by atoms with E-state index in [1.807, 2.05) is 45.2 Å². The molecular formula is C18H23N3O2S. The first-order valence-corrected chi connectivity index (χ1v) is 9.61.